The molecule has 0 bridgehead atoms. The van der Waals surface area contributed by atoms with Crippen molar-refractivity contribution in [2.24, 2.45) is 0 Å². The molecule has 1 aromatic rings. The molecule has 4 nitrogen and oxygen atoms in total. The fraction of sp³-hybridized carbons (Fsp3) is 0.667. The third kappa shape index (κ3) is 3.50. The van der Waals surface area contributed by atoms with Crippen molar-refractivity contribution in [3.05, 3.63) is 17.0 Å². The summed E-state index contributed by atoms with van der Waals surface area (Å²) in [6.45, 7) is 13.6. The molecular weight excluding hydrogens is 287 g/mol. The van der Waals surface area contributed by atoms with Crippen LogP contribution in [0.1, 0.15) is 58.1 Å². The highest BCUT2D eigenvalue weighted by Gasteiger charge is 2.52. The molecule has 0 unspecified atom stereocenters. The zero-order valence-corrected chi connectivity index (χ0v) is 14.6. The number of hydrogen-bond acceptors (Lipinski definition) is 5. The number of hydrogen-bond donors (Lipinski definition) is 0. The Morgan fingerprint density at radius 2 is 1.67 bits per heavy atom. The summed E-state index contributed by atoms with van der Waals surface area (Å²) in [5.41, 5.74) is -1.26. The molecular formula is C15H23BO4S. The molecule has 1 aromatic heterocycles. The van der Waals surface area contributed by atoms with Gasteiger partial charge in [-0.1, -0.05) is 6.07 Å². The average Bonchev–Trinajstić information content (AvgIpc) is 2.80. The Balaban J connectivity index is 2.13. The van der Waals surface area contributed by atoms with Crippen molar-refractivity contribution in [1.29, 1.82) is 0 Å². The molecule has 1 aliphatic heterocycles. The second-order valence-electron chi connectivity index (χ2n) is 7.29. The topological polar surface area (TPSA) is 44.8 Å². The van der Waals surface area contributed by atoms with Crippen LogP contribution in [0.15, 0.2) is 12.1 Å². The average molecular weight is 310 g/mol. The van der Waals surface area contributed by atoms with Crippen molar-refractivity contribution in [1.82, 2.24) is 0 Å². The normalized spacial score (nSPS) is 20.6. The van der Waals surface area contributed by atoms with E-state index < -0.39 is 12.7 Å². The van der Waals surface area contributed by atoms with Gasteiger partial charge in [0.05, 0.1) is 11.2 Å². The van der Waals surface area contributed by atoms with Gasteiger partial charge in [0, 0.05) is 4.78 Å². The molecule has 21 heavy (non-hydrogen) atoms. The smallest absolute Gasteiger partial charge is 0.456 e. The van der Waals surface area contributed by atoms with E-state index in [1.54, 1.807) is 6.07 Å². The van der Waals surface area contributed by atoms with E-state index in [9.17, 15) is 4.79 Å². The Morgan fingerprint density at radius 3 is 2.14 bits per heavy atom. The first-order valence-corrected chi connectivity index (χ1v) is 7.92. The lowest BCUT2D eigenvalue weighted by Gasteiger charge is -2.32. The second-order valence-corrected chi connectivity index (χ2v) is 8.41. The molecule has 0 aromatic carbocycles. The molecule has 0 saturated carbocycles. The van der Waals surface area contributed by atoms with Crippen molar-refractivity contribution in [3.63, 3.8) is 0 Å². The van der Waals surface area contributed by atoms with Crippen LogP contribution in [-0.2, 0) is 14.0 Å². The maximum atomic E-state index is 12.0. The van der Waals surface area contributed by atoms with Gasteiger partial charge in [-0.2, -0.15) is 0 Å². The summed E-state index contributed by atoms with van der Waals surface area (Å²) in [6.07, 6.45) is 0. The van der Waals surface area contributed by atoms with Gasteiger partial charge in [-0.15, -0.1) is 11.3 Å². The number of ether oxygens (including phenoxy) is 1. The van der Waals surface area contributed by atoms with Crippen LogP contribution >= 0.6 is 11.3 Å². The Morgan fingerprint density at radius 1 is 1.14 bits per heavy atom. The van der Waals surface area contributed by atoms with E-state index in [-0.39, 0.29) is 17.2 Å². The van der Waals surface area contributed by atoms with Crippen LogP contribution in [0.3, 0.4) is 0 Å². The van der Waals surface area contributed by atoms with Crippen molar-refractivity contribution in [2.45, 2.75) is 65.3 Å². The molecule has 2 rings (SSSR count). The molecule has 1 aliphatic rings. The molecule has 1 saturated heterocycles. The van der Waals surface area contributed by atoms with Crippen LogP contribution in [0.4, 0.5) is 0 Å². The van der Waals surface area contributed by atoms with E-state index >= 15 is 0 Å². The lowest BCUT2D eigenvalue weighted by atomic mass is 9.88. The van der Waals surface area contributed by atoms with Gasteiger partial charge < -0.3 is 14.0 Å². The van der Waals surface area contributed by atoms with Crippen LogP contribution in [0.5, 0.6) is 0 Å². The first kappa shape index (κ1) is 16.5. The van der Waals surface area contributed by atoms with Gasteiger partial charge in [0.15, 0.2) is 0 Å². The minimum Gasteiger partial charge on any atom is -0.456 e. The van der Waals surface area contributed by atoms with E-state index in [0.717, 1.165) is 4.78 Å². The van der Waals surface area contributed by atoms with Crippen LogP contribution < -0.4 is 4.78 Å². The van der Waals surface area contributed by atoms with Gasteiger partial charge in [0.1, 0.15) is 10.5 Å². The van der Waals surface area contributed by atoms with Gasteiger partial charge in [0.25, 0.3) is 0 Å². The molecule has 6 heteroatoms. The summed E-state index contributed by atoms with van der Waals surface area (Å²) in [5.74, 6) is -0.310. The maximum Gasteiger partial charge on any atom is 0.505 e. The summed E-state index contributed by atoms with van der Waals surface area (Å²) < 4.78 is 18.2. The van der Waals surface area contributed by atoms with E-state index in [2.05, 4.69) is 0 Å². The summed E-state index contributed by atoms with van der Waals surface area (Å²) >= 11 is 1.36. The Hall–Kier alpha value is -0.845. The van der Waals surface area contributed by atoms with E-state index in [1.165, 1.54) is 11.3 Å². The van der Waals surface area contributed by atoms with Gasteiger partial charge in [-0.05, 0) is 54.5 Å². The minimum atomic E-state index is -0.494. The Kier molecular flexibility index (Phi) is 4.02. The predicted octanol–water partition coefficient (Wildman–Crippen LogP) is 3.00. The first-order chi connectivity index (χ1) is 9.41. The lowest BCUT2D eigenvalue weighted by molar-refractivity contribution is 0.00578. The third-order valence-corrected chi connectivity index (χ3v) is 4.80. The van der Waals surface area contributed by atoms with E-state index in [4.69, 9.17) is 14.0 Å². The first-order valence-electron chi connectivity index (χ1n) is 7.10. The van der Waals surface area contributed by atoms with Crippen molar-refractivity contribution >= 4 is 29.2 Å². The number of esters is 1. The summed E-state index contributed by atoms with van der Waals surface area (Å²) in [4.78, 5) is 12.6. The standard InChI is InChI=1S/C15H23BO4S/c1-13(2,3)18-12(17)10-8-9-11(21-10)16-19-14(4,5)15(6,7)20-16/h8-9H,1-7H3. The molecule has 0 spiro atoms. The summed E-state index contributed by atoms with van der Waals surface area (Å²) in [6, 6.07) is 3.63. The SMILES string of the molecule is CC(C)(C)OC(=O)c1ccc(B2OC(C)(C)C(C)(C)O2)s1. The summed E-state index contributed by atoms with van der Waals surface area (Å²) in [5, 5.41) is 0. The minimum absolute atomic E-state index is 0.310. The molecule has 1 fully saturated rings. The lowest BCUT2D eigenvalue weighted by Crippen LogP contribution is -2.41. The molecule has 116 valence electrons. The van der Waals surface area contributed by atoms with Crippen LogP contribution in [0.2, 0.25) is 0 Å². The Labute approximate surface area is 130 Å². The van der Waals surface area contributed by atoms with Gasteiger partial charge >= 0.3 is 13.1 Å². The van der Waals surface area contributed by atoms with Crippen molar-refractivity contribution < 1.29 is 18.8 Å². The van der Waals surface area contributed by atoms with Gasteiger partial charge in [-0.3, -0.25) is 0 Å². The monoisotopic (exact) mass is 310 g/mol. The summed E-state index contributed by atoms with van der Waals surface area (Å²) in [7, 11) is -0.434. The second kappa shape index (κ2) is 5.11. The van der Waals surface area contributed by atoms with Crippen LogP contribution in [-0.4, -0.2) is 29.9 Å². The van der Waals surface area contributed by atoms with Crippen molar-refractivity contribution in [2.75, 3.05) is 0 Å². The molecule has 0 radical (unpaired) electrons. The molecule has 0 aliphatic carbocycles. The molecule has 0 N–H and O–H groups in total. The van der Waals surface area contributed by atoms with Crippen molar-refractivity contribution in [3.8, 4) is 0 Å². The largest absolute Gasteiger partial charge is 0.505 e. The highest BCUT2D eigenvalue weighted by atomic mass is 32.1. The maximum absolute atomic E-state index is 12.0. The molecule has 2 heterocycles. The number of carbonyl (C=O) groups is 1. The third-order valence-electron chi connectivity index (χ3n) is 3.71. The molecule has 0 amide bonds. The number of rotatable bonds is 2. The highest BCUT2D eigenvalue weighted by molar-refractivity contribution is 7.23. The predicted molar refractivity (Wildman–Crippen MR) is 85.2 cm³/mol. The quantitative estimate of drug-likeness (QED) is 0.622. The Bertz CT molecular complexity index is 526. The fourth-order valence-electron chi connectivity index (χ4n) is 1.88. The molecule has 0 atom stereocenters. The van der Waals surface area contributed by atoms with E-state index in [1.807, 2.05) is 54.5 Å². The fourth-order valence-corrected chi connectivity index (χ4v) is 2.72. The van der Waals surface area contributed by atoms with Gasteiger partial charge in [-0.25, -0.2) is 4.79 Å². The van der Waals surface area contributed by atoms with Gasteiger partial charge in [0.2, 0.25) is 0 Å². The number of thiophene rings is 1. The van der Waals surface area contributed by atoms with E-state index in [0.29, 0.717) is 4.88 Å². The zero-order valence-electron chi connectivity index (χ0n) is 13.8. The van der Waals surface area contributed by atoms with Crippen LogP contribution in [0.25, 0.3) is 0 Å². The number of carbonyl (C=O) groups excluding carboxylic acids is 1. The van der Waals surface area contributed by atoms with Crippen LogP contribution in [0, 0.1) is 0 Å². The zero-order chi connectivity index (χ0) is 16.1. The highest BCUT2D eigenvalue weighted by Crippen LogP contribution is 2.37.